The van der Waals surface area contributed by atoms with Gasteiger partial charge in [-0.15, -0.1) is 0 Å². The molecule has 4 nitrogen and oxygen atoms in total. The van der Waals surface area contributed by atoms with Gasteiger partial charge in [0.05, 0.1) is 0 Å². The van der Waals surface area contributed by atoms with Gasteiger partial charge in [0, 0.05) is 5.39 Å². The zero-order valence-electron chi connectivity index (χ0n) is 6.65. The first kappa shape index (κ1) is 7.67. The number of rotatable bonds is 0. The predicted octanol–water partition coefficient (Wildman–Crippen LogP) is 1.08. The maximum atomic E-state index is 11.0. The Balaban J connectivity index is 2.97. The molecule has 1 heterocycles. The number of para-hydroxylation sites is 1. The first-order chi connectivity index (χ1) is 6.18. The maximum Gasteiger partial charge on any atom is 0.359 e. The second-order valence-corrected chi connectivity index (χ2v) is 2.68. The quantitative estimate of drug-likeness (QED) is 0.590. The third-order valence-corrected chi connectivity index (χ3v) is 1.77. The van der Waals surface area contributed by atoms with Crippen molar-refractivity contribution < 1.29 is 9.52 Å². The van der Waals surface area contributed by atoms with Gasteiger partial charge in [-0.2, -0.15) is 0 Å². The summed E-state index contributed by atoms with van der Waals surface area (Å²) in [5.74, 6) is -0.0606. The van der Waals surface area contributed by atoms with Crippen molar-refractivity contribution in [3.63, 3.8) is 0 Å². The molecule has 0 radical (unpaired) electrons. The molecule has 2 rings (SSSR count). The van der Waals surface area contributed by atoms with Crippen LogP contribution >= 0.6 is 0 Å². The van der Waals surface area contributed by atoms with E-state index in [-0.39, 0.29) is 17.0 Å². The zero-order chi connectivity index (χ0) is 9.42. The molecule has 13 heavy (non-hydrogen) atoms. The molecule has 0 saturated heterocycles. The summed E-state index contributed by atoms with van der Waals surface area (Å²) in [6.07, 6.45) is 0. The lowest BCUT2D eigenvalue weighted by molar-refractivity contribution is 0.458. The fourth-order valence-electron chi connectivity index (χ4n) is 1.15. The lowest BCUT2D eigenvalue weighted by Gasteiger charge is -1.98. The first-order valence-corrected chi connectivity index (χ1v) is 3.70. The molecule has 0 amide bonds. The highest BCUT2D eigenvalue weighted by Gasteiger charge is 2.04. The zero-order valence-corrected chi connectivity index (χ0v) is 6.65. The molecule has 2 aromatic rings. The number of phenols is 1. The molecule has 3 N–H and O–H groups in total. The number of hydrogen-bond acceptors (Lipinski definition) is 4. The van der Waals surface area contributed by atoms with Crippen molar-refractivity contribution in [1.82, 2.24) is 0 Å². The van der Waals surface area contributed by atoms with Gasteiger partial charge in [0.15, 0.2) is 11.3 Å². The van der Waals surface area contributed by atoms with Crippen LogP contribution in [0.4, 0.5) is 5.69 Å². The van der Waals surface area contributed by atoms with Crippen LogP contribution in [-0.2, 0) is 0 Å². The van der Waals surface area contributed by atoms with Crippen LogP contribution < -0.4 is 11.4 Å². The van der Waals surface area contributed by atoms with Crippen molar-refractivity contribution in [2.75, 3.05) is 5.73 Å². The average molecular weight is 177 g/mol. The molecule has 0 saturated carbocycles. The van der Waals surface area contributed by atoms with Crippen molar-refractivity contribution in [2.45, 2.75) is 0 Å². The van der Waals surface area contributed by atoms with Crippen molar-refractivity contribution in [3.8, 4) is 5.75 Å². The summed E-state index contributed by atoms with van der Waals surface area (Å²) in [6, 6.07) is 6.27. The molecule has 0 atom stereocenters. The lowest BCUT2D eigenvalue weighted by Crippen LogP contribution is -2.05. The Morgan fingerprint density at radius 3 is 2.92 bits per heavy atom. The Bertz CT molecular complexity index is 516. The van der Waals surface area contributed by atoms with Gasteiger partial charge < -0.3 is 15.3 Å². The standard InChI is InChI=1S/C9H7NO3/c10-6-4-5-2-1-3-7(11)8(5)13-9(6)12/h1-4,11H,10H2. The van der Waals surface area contributed by atoms with Crippen molar-refractivity contribution >= 4 is 16.7 Å². The van der Waals surface area contributed by atoms with Crippen molar-refractivity contribution in [1.29, 1.82) is 0 Å². The number of benzene rings is 1. The van der Waals surface area contributed by atoms with Crippen LogP contribution in [0.25, 0.3) is 11.0 Å². The van der Waals surface area contributed by atoms with E-state index in [0.29, 0.717) is 5.39 Å². The highest BCUT2D eigenvalue weighted by Crippen LogP contribution is 2.23. The van der Waals surface area contributed by atoms with Gasteiger partial charge in [0.1, 0.15) is 5.69 Å². The van der Waals surface area contributed by atoms with E-state index in [1.165, 1.54) is 12.1 Å². The van der Waals surface area contributed by atoms with Crippen LogP contribution in [-0.4, -0.2) is 5.11 Å². The number of hydrogen-bond donors (Lipinski definition) is 2. The van der Waals surface area contributed by atoms with E-state index >= 15 is 0 Å². The van der Waals surface area contributed by atoms with Crippen LogP contribution in [0.1, 0.15) is 0 Å². The van der Waals surface area contributed by atoms with Gasteiger partial charge in [-0.3, -0.25) is 0 Å². The molecule has 0 aliphatic heterocycles. The fourth-order valence-corrected chi connectivity index (χ4v) is 1.15. The summed E-state index contributed by atoms with van der Waals surface area (Å²) in [5, 5.41) is 9.92. The number of aromatic hydroxyl groups is 1. The minimum atomic E-state index is -0.631. The van der Waals surface area contributed by atoms with E-state index in [4.69, 9.17) is 10.2 Å². The topological polar surface area (TPSA) is 76.5 Å². The van der Waals surface area contributed by atoms with Crippen molar-refractivity contribution in [2.24, 2.45) is 0 Å². The minimum absolute atomic E-state index is 0.0399. The summed E-state index contributed by atoms with van der Waals surface area (Å²) in [7, 11) is 0. The summed E-state index contributed by atoms with van der Waals surface area (Å²) in [5.41, 5.74) is 4.93. The molecule has 0 bridgehead atoms. The molecule has 0 fully saturated rings. The molecule has 1 aromatic heterocycles. The Kier molecular flexibility index (Phi) is 1.48. The van der Waals surface area contributed by atoms with E-state index in [1.807, 2.05) is 0 Å². The smallest absolute Gasteiger partial charge is 0.359 e. The average Bonchev–Trinajstić information content (AvgIpc) is 2.09. The van der Waals surface area contributed by atoms with Crippen LogP contribution in [0, 0.1) is 0 Å². The fraction of sp³-hybridized carbons (Fsp3) is 0. The number of phenolic OH excluding ortho intramolecular Hbond substituents is 1. The maximum absolute atomic E-state index is 11.0. The second kappa shape index (κ2) is 2.52. The van der Waals surface area contributed by atoms with Gasteiger partial charge in [-0.25, -0.2) is 4.79 Å². The SMILES string of the molecule is Nc1cc2cccc(O)c2oc1=O. The minimum Gasteiger partial charge on any atom is -0.504 e. The summed E-state index contributed by atoms with van der Waals surface area (Å²) in [6.45, 7) is 0. The normalized spacial score (nSPS) is 10.5. The highest BCUT2D eigenvalue weighted by molar-refractivity contribution is 5.83. The van der Waals surface area contributed by atoms with Gasteiger partial charge in [0.25, 0.3) is 0 Å². The van der Waals surface area contributed by atoms with Crippen LogP contribution in [0.2, 0.25) is 0 Å². The summed E-state index contributed by atoms with van der Waals surface area (Å²) in [4.78, 5) is 11.0. The molecule has 66 valence electrons. The van der Waals surface area contributed by atoms with Crippen LogP contribution in [0.5, 0.6) is 5.75 Å². The summed E-state index contributed by atoms with van der Waals surface area (Å²) >= 11 is 0. The molecule has 0 aliphatic carbocycles. The number of nitrogen functional groups attached to an aromatic ring is 1. The van der Waals surface area contributed by atoms with Gasteiger partial charge in [-0.1, -0.05) is 12.1 Å². The third kappa shape index (κ3) is 1.12. The lowest BCUT2D eigenvalue weighted by atomic mass is 10.2. The van der Waals surface area contributed by atoms with Crippen LogP contribution in [0.3, 0.4) is 0 Å². The van der Waals surface area contributed by atoms with E-state index in [2.05, 4.69) is 0 Å². The Hall–Kier alpha value is -1.97. The van der Waals surface area contributed by atoms with Crippen LogP contribution in [0.15, 0.2) is 33.5 Å². The Morgan fingerprint density at radius 2 is 2.15 bits per heavy atom. The molecular formula is C9H7NO3. The molecule has 0 spiro atoms. The van der Waals surface area contributed by atoms with E-state index in [9.17, 15) is 9.90 Å². The van der Waals surface area contributed by atoms with Crippen molar-refractivity contribution in [3.05, 3.63) is 34.7 Å². The Labute approximate surface area is 73.2 Å². The molecule has 0 aliphatic rings. The van der Waals surface area contributed by atoms with E-state index in [1.54, 1.807) is 12.1 Å². The summed E-state index contributed by atoms with van der Waals surface area (Å²) < 4.78 is 4.79. The largest absolute Gasteiger partial charge is 0.504 e. The Morgan fingerprint density at radius 1 is 1.38 bits per heavy atom. The second-order valence-electron chi connectivity index (χ2n) is 2.68. The van der Waals surface area contributed by atoms with Gasteiger partial charge in [-0.05, 0) is 12.1 Å². The van der Waals surface area contributed by atoms with E-state index < -0.39 is 5.63 Å². The predicted molar refractivity (Wildman–Crippen MR) is 48.6 cm³/mol. The number of nitrogens with two attached hydrogens (primary N) is 1. The molecular weight excluding hydrogens is 170 g/mol. The number of fused-ring (bicyclic) bond motifs is 1. The molecule has 1 aromatic carbocycles. The third-order valence-electron chi connectivity index (χ3n) is 1.77. The molecule has 4 heteroatoms. The highest BCUT2D eigenvalue weighted by atomic mass is 16.4. The number of anilines is 1. The van der Waals surface area contributed by atoms with Gasteiger partial charge >= 0.3 is 5.63 Å². The molecule has 0 unspecified atom stereocenters. The van der Waals surface area contributed by atoms with Gasteiger partial charge in [0.2, 0.25) is 0 Å². The first-order valence-electron chi connectivity index (χ1n) is 3.70. The monoisotopic (exact) mass is 177 g/mol. The van der Waals surface area contributed by atoms with E-state index in [0.717, 1.165) is 0 Å².